The third-order valence-electron chi connectivity index (χ3n) is 3.84. The molecule has 0 saturated carbocycles. The zero-order valence-corrected chi connectivity index (χ0v) is 15.0. The lowest BCUT2D eigenvalue weighted by Crippen LogP contribution is -2.33. The molecule has 0 bridgehead atoms. The van der Waals surface area contributed by atoms with Crippen molar-refractivity contribution in [2.24, 2.45) is 0 Å². The number of hydrogen-bond donors (Lipinski definition) is 3. The van der Waals surface area contributed by atoms with E-state index in [4.69, 9.17) is 13.8 Å². The van der Waals surface area contributed by atoms with Crippen LogP contribution in [0.4, 0.5) is 0 Å². The van der Waals surface area contributed by atoms with Crippen LogP contribution in [-0.4, -0.2) is 45.0 Å². The Labute approximate surface area is 144 Å². The number of aliphatic hydroxyl groups is 1. The third kappa shape index (κ3) is 5.10. The Morgan fingerprint density at radius 1 is 1.48 bits per heavy atom. The van der Waals surface area contributed by atoms with Gasteiger partial charge in [0.1, 0.15) is 18.4 Å². The maximum absolute atomic E-state index is 12.0. The molecule has 1 aliphatic heterocycles. The van der Waals surface area contributed by atoms with Crippen LogP contribution >= 0.6 is 7.82 Å². The number of rotatable bonds is 8. The summed E-state index contributed by atoms with van der Waals surface area (Å²) in [5.74, 6) is 0. The normalized spacial score (nSPS) is 25.8. The van der Waals surface area contributed by atoms with Gasteiger partial charge in [-0.05, 0) is 13.3 Å². The van der Waals surface area contributed by atoms with Crippen molar-refractivity contribution in [3.8, 4) is 0 Å². The van der Waals surface area contributed by atoms with Gasteiger partial charge in [-0.3, -0.25) is 23.4 Å². The van der Waals surface area contributed by atoms with Crippen molar-refractivity contribution in [2.75, 3.05) is 13.2 Å². The number of nitrogens with zero attached hydrogens (tertiary/aromatic N) is 1. The highest BCUT2D eigenvalue weighted by Gasteiger charge is 2.41. The van der Waals surface area contributed by atoms with Gasteiger partial charge in [-0.2, -0.15) is 0 Å². The summed E-state index contributed by atoms with van der Waals surface area (Å²) in [4.78, 5) is 35.3. The largest absolute Gasteiger partial charge is 0.472 e. The van der Waals surface area contributed by atoms with Crippen molar-refractivity contribution in [1.29, 1.82) is 0 Å². The maximum atomic E-state index is 12.0. The lowest BCUT2D eigenvalue weighted by molar-refractivity contribution is -0.0464. The number of ether oxygens (including phenoxy) is 1. The molecule has 11 heteroatoms. The standard InChI is InChI=1S/C14H23N2O8P/c1-3-4-5-22-25(20,21)24-10-6-12(23-11(10)8-17)16-7-9(2)13(18)15-14(16)19/h7,10-12,17H,3-6,8H2,1-2H3,(H,20,21)(H,15,18,19)/t10-,11+,12+/m0/s1. The van der Waals surface area contributed by atoms with E-state index in [1.54, 1.807) is 0 Å². The van der Waals surface area contributed by atoms with Crippen LogP contribution in [0.5, 0.6) is 0 Å². The first kappa shape index (κ1) is 20.0. The number of phosphoric acid groups is 1. The second-order valence-electron chi connectivity index (χ2n) is 5.83. The Balaban J connectivity index is 2.12. The maximum Gasteiger partial charge on any atom is 0.472 e. The highest BCUT2D eigenvalue weighted by Crippen LogP contribution is 2.48. The van der Waals surface area contributed by atoms with E-state index >= 15 is 0 Å². The summed E-state index contributed by atoms with van der Waals surface area (Å²) in [5, 5.41) is 9.42. The summed E-state index contributed by atoms with van der Waals surface area (Å²) in [7, 11) is -4.31. The van der Waals surface area contributed by atoms with Crippen LogP contribution in [0.3, 0.4) is 0 Å². The number of aliphatic hydroxyl groups excluding tert-OH is 1. The monoisotopic (exact) mass is 378 g/mol. The van der Waals surface area contributed by atoms with Crippen molar-refractivity contribution in [3.63, 3.8) is 0 Å². The van der Waals surface area contributed by atoms with Crippen LogP contribution < -0.4 is 11.2 Å². The molecule has 0 radical (unpaired) electrons. The van der Waals surface area contributed by atoms with Gasteiger partial charge in [0.05, 0.1) is 13.2 Å². The second-order valence-corrected chi connectivity index (χ2v) is 7.23. The molecule has 1 saturated heterocycles. The summed E-state index contributed by atoms with van der Waals surface area (Å²) in [6.07, 6.45) is 0.0825. The molecule has 3 N–H and O–H groups in total. The molecule has 4 atom stereocenters. The molecular formula is C14H23N2O8P. The summed E-state index contributed by atoms with van der Waals surface area (Å²) in [5.41, 5.74) is -0.872. The molecule has 10 nitrogen and oxygen atoms in total. The molecular weight excluding hydrogens is 355 g/mol. The summed E-state index contributed by atoms with van der Waals surface area (Å²) < 4.78 is 28.6. The van der Waals surface area contributed by atoms with E-state index in [1.807, 2.05) is 6.92 Å². The Kier molecular flexibility index (Phi) is 6.72. The smallest absolute Gasteiger partial charge is 0.394 e. The van der Waals surface area contributed by atoms with E-state index in [1.165, 1.54) is 13.1 Å². The minimum absolute atomic E-state index is 0.0400. The fourth-order valence-corrected chi connectivity index (χ4v) is 3.46. The number of phosphoric ester groups is 1. The van der Waals surface area contributed by atoms with Crippen molar-refractivity contribution in [3.05, 3.63) is 32.6 Å². The molecule has 0 spiro atoms. The van der Waals surface area contributed by atoms with Gasteiger partial charge in [0.15, 0.2) is 0 Å². The van der Waals surface area contributed by atoms with Crippen LogP contribution in [0, 0.1) is 6.92 Å². The van der Waals surface area contributed by atoms with E-state index < -0.39 is 44.1 Å². The lowest BCUT2D eigenvalue weighted by atomic mass is 10.2. The zero-order valence-electron chi connectivity index (χ0n) is 14.1. The first-order valence-electron chi connectivity index (χ1n) is 8.01. The first-order valence-corrected chi connectivity index (χ1v) is 9.51. The first-order chi connectivity index (χ1) is 11.8. The minimum Gasteiger partial charge on any atom is -0.394 e. The SMILES string of the molecule is CCCCOP(=O)(O)O[C@H]1C[C@H](n2cc(C)c(=O)[nH]c2=O)O[C@@H]1CO. The van der Waals surface area contributed by atoms with Gasteiger partial charge in [0, 0.05) is 18.2 Å². The molecule has 1 aromatic heterocycles. The number of unbranched alkanes of at least 4 members (excludes halogenated alkanes) is 1. The fraction of sp³-hybridized carbons (Fsp3) is 0.714. The number of aryl methyl sites for hydroxylation is 1. The van der Waals surface area contributed by atoms with Gasteiger partial charge in [-0.15, -0.1) is 0 Å². The van der Waals surface area contributed by atoms with Gasteiger partial charge < -0.3 is 14.7 Å². The average Bonchev–Trinajstić information content (AvgIpc) is 2.92. The third-order valence-corrected chi connectivity index (χ3v) is 4.88. The molecule has 1 aromatic rings. The molecule has 1 aliphatic rings. The number of aromatic amines is 1. The van der Waals surface area contributed by atoms with Crippen LogP contribution in [0.25, 0.3) is 0 Å². The number of aromatic nitrogens is 2. The van der Waals surface area contributed by atoms with Crippen molar-refractivity contribution < 1.29 is 28.3 Å². The van der Waals surface area contributed by atoms with Gasteiger partial charge in [-0.1, -0.05) is 13.3 Å². The van der Waals surface area contributed by atoms with Gasteiger partial charge in [0.25, 0.3) is 5.56 Å². The predicted molar refractivity (Wildman–Crippen MR) is 87.2 cm³/mol. The van der Waals surface area contributed by atoms with Crippen molar-refractivity contribution >= 4 is 7.82 Å². The molecule has 2 rings (SSSR count). The van der Waals surface area contributed by atoms with E-state index in [0.29, 0.717) is 12.0 Å². The van der Waals surface area contributed by atoms with Crippen LogP contribution in [-0.2, 0) is 18.3 Å². The molecule has 2 heterocycles. The molecule has 1 unspecified atom stereocenters. The van der Waals surface area contributed by atoms with Crippen LogP contribution in [0.2, 0.25) is 0 Å². The lowest BCUT2D eigenvalue weighted by Gasteiger charge is -2.19. The van der Waals surface area contributed by atoms with E-state index in [-0.39, 0.29) is 13.0 Å². The minimum atomic E-state index is -4.31. The van der Waals surface area contributed by atoms with Crippen molar-refractivity contribution in [2.45, 2.75) is 51.5 Å². The summed E-state index contributed by atoms with van der Waals surface area (Å²) in [6.45, 7) is 3.05. The predicted octanol–water partition coefficient (Wildman–Crippen LogP) is 0.427. The van der Waals surface area contributed by atoms with E-state index in [9.17, 15) is 24.2 Å². The van der Waals surface area contributed by atoms with Gasteiger partial charge >= 0.3 is 13.5 Å². The van der Waals surface area contributed by atoms with Crippen LogP contribution in [0.1, 0.15) is 38.0 Å². The second kappa shape index (κ2) is 8.39. The zero-order chi connectivity index (χ0) is 18.6. The van der Waals surface area contributed by atoms with E-state index in [0.717, 1.165) is 11.0 Å². The number of H-pyrrole nitrogens is 1. The molecule has 0 aromatic carbocycles. The Morgan fingerprint density at radius 3 is 2.84 bits per heavy atom. The quantitative estimate of drug-likeness (QED) is 0.437. The average molecular weight is 378 g/mol. The van der Waals surface area contributed by atoms with Crippen LogP contribution in [0.15, 0.2) is 15.8 Å². The summed E-state index contributed by atoms with van der Waals surface area (Å²) >= 11 is 0. The van der Waals surface area contributed by atoms with Crippen molar-refractivity contribution in [1.82, 2.24) is 9.55 Å². The van der Waals surface area contributed by atoms with Gasteiger partial charge in [0.2, 0.25) is 0 Å². The molecule has 0 amide bonds. The fourth-order valence-electron chi connectivity index (χ4n) is 2.47. The highest BCUT2D eigenvalue weighted by molar-refractivity contribution is 7.47. The van der Waals surface area contributed by atoms with Gasteiger partial charge in [-0.25, -0.2) is 9.36 Å². The highest BCUT2D eigenvalue weighted by atomic mass is 31.2. The Morgan fingerprint density at radius 2 is 2.20 bits per heavy atom. The molecule has 1 fully saturated rings. The molecule has 0 aliphatic carbocycles. The molecule has 25 heavy (non-hydrogen) atoms. The number of hydrogen-bond acceptors (Lipinski definition) is 7. The summed E-state index contributed by atoms with van der Waals surface area (Å²) in [6, 6.07) is 0. The van der Waals surface area contributed by atoms with E-state index in [2.05, 4.69) is 4.98 Å². The Hall–Kier alpha value is -1.29. The topological polar surface area (TPSA) is 140 Å². The Bertz CT molecular complexity index is 745. The molecule has 142 valence electrons. The number of nitrogens with one attached hydrogen (secondary N) is 1.